The van der Waals surface area contributed by atoms with Crippen LogP contribution in [0.1, 0.15) is 43.8 Å². The maximum absolute atomic E-state index is 13.0. The van der Waals surface area contributed by atoms with E-state index in [-0.39, 0.29) is 28.9 Å². The summed E-state index contributed by atoms with van der Waals surface area (Å²) in [7, 11) is 0. The summed E-state index contributed by atoms with van der Waals surface area (Å²) in [6.07, 6.45) is -0.533. The second-order valence-corrected chi connectivity index (χ2v) is 7.31. The Labute approximate surface area is 155 Å². The lowest BCUT2D eigenvalue weighted by molar-refractivity contribution is -0.384. The van der Waals surface area contributed by atoms with E-state index in [2.05, 4.69) is 5.16 Å². The lowest BCUT2D eigenvalue weighted by atomic mass is 9.96. The van der Waals surface area contributed by atoms with Gasteiger partial charge in [0.1, 0.15) is 16.9 Å². The highest BCUT2D eigenvalue weighted by atomic mass is 16.6. The third-order valence-electron chi connectivity index (χ3n) is 4.06. The van der Waals surface area contributed by atoms with E-state index >= 15 is 0 Å². The minimum atomic E-state index is -0.777. The topological polar surface area (TPSA) is 116 Å². The molecule has 1 aliphatic rings. The molecule has 1 aromatic carbocycles. The van der Waals surface area contributed by atoms with Gasteiger partial charge in [-0.2, -0.15) is 0 Å². The molecule has 2 aromatic rings. The van der Waals surface area contributed by atoms with Crippen LogP contribution >= 0.6 is 0 Å². The summed E-state index contributed by atoms with van der Waals surface area (Å²) in [4.78, 5) is 37.3. The smallest absolute Gasteiger partial charge is 0.417 e. The number of rotatable bonds is 2. The number of hydrogen-bond donors (Lipinski definition) is 0. The molecule has 9 nitrogen and oxygen atoms in total. The highest BCUT2D eigenvalue weighted by Crippen LogP contribution is 2.36. The summed E-state index contributed by atoms with van der Waals surface area (Å²) in [6, 6.07) is 5.43. The van der Waals surface area contributed by atoms with Gasteiger partial charge in [0.15, 0.2) is 5.76 Å². The summed E-state index contributed by atoms with van der Waals surface area (Å²) in [5.41, 5.74) is -0.730. The Balaban J connectivity index is 2.07. The summed E-state index contributed by atoms with van der Waals surface area (Å²) in [5.74, 6) is -0.354. The summed E-state index contributed by atoms with van der Waals surface area (Å²) in [5, 5.41) is 15.2. The summed E-state index contributed by atoms with van der Waals surface area (Å²) >= 11 is 0. The molecule has 9 heteroatoms. The van der Waals surface area contributed by atoms with Gasteiger partial charge in [0, 0.05) is 18.5 Å². The lowest BCUT2D eigenvalue weighted by Gasteiger charge is -2.32. The second kappa shape index (κ2) is 6.49. The molecule has 0 fully saturated rings. The monoisotopic (exact) mass is 373 g/mol. The van der Waals surface area contributed by atoms with Gasteiger partial charge in [0.2, 0.25) is 0 Å². The van der Waals surface area contributed by atoms with Gasteiger partial charge in [-0.05, 0) is 33.8 Å². The quantitative estimate of drug-likeness (QED) is 0.583. The SMILES string of the molecule is CC1Cc2onc(-c3ccccc3[N+](=O)[O-])c2C(=O)N1C(=O)OC(C)(C)C. The molecule has 0 spiro atoms. The number of benzene rings is 1. The molecule has 2 amide bonds. The molecule has 0 N–H and O–H groups in total. The van der Waals surface area contributed by atoms with Crippen LogP contribution in [0.5, 0.6) is 0 Å². The van der Waals surface area contributed by atoms with Crippen LogP contribution in [0.2, 0.25) is 0 Å². The van der Waals surface area contributed by atoms with Crippen molar-refractivity contribution in [3.05, 3.63) is 45.7 Å². The Hall–Kier alpha value is -3.23. The van der Waals surface area contributed by atoms with Crippen LogP contribution in [0.4, 0.5) is 10.5 Å². The molecule has 0 aliphatic carbocycles. The van der Waals surface area contributed by atoms with E-state index in [1.165, 1.54) is 18.2 Å². The van der Waals surface area contributed by atoms with E-state index in [1.807, 2.05) is 0 Å². The zero-order valence-corrected chi connectivity index (χ0v) is 15.4. The number of amides is 2. The normalized spacial score (nSPS) is 16.8. The Bertz CT molecular complexity index is 927. The van der Waals surface area contributed by atoms with Crippen molar-refractivity contribution >= 4 is 17.7 Å². The Morgan fingerprint density at radius 1 is 1.37 bits per heavy atom. The number of ether oxygens (including phenoxy) is 1. The van der Waals surface area contributed by atoms with Gasteiger partial charge in [0.05, 0.1) is 10.5 Å². The molecule has 1 aliphatic heterocycles. The first-order chi connectivity index (χ1) is 12.6. The van der Waals surface area contributed by atoms with E-state index < -0.39 is 28.6 Å². The molecule has 0 saturated carbocycles. The first-order valence-electron chi connectivity index (χ1n) is 8.39. The standard InChI is InChI=1S/C18H19N3O6/c1-10-9-13-14(16(22)20(10)17(23)26-18(2,3)4)15(19-27-13)11-7-5-6-8-12(11)21(24)25/h5-8,10H,9H2,1-4H3. The first-order valence-corrected chi connectivity index (χ1v) is 8.39. The number of nitro benzene ring substituents is 1. The van der Waals surface area contributed by atoms with Gasteiger partial charge in [-0.3, -0.25) is 14.9 Å². The van der Waals surface area contributed by atoms with Crippen molar-refractivity contribution in [3.8, 4) is 11.3 Å². The largest absolute Gasteiger partial charge is 0.443 e. The number of aromatic nitrogens is 1. The third-order valence-corrected chi connectivity index (χ3v) is 4.06. The first kappa shape index (κ1) is 18.6. The number of fused-ring (bicyclic) bond motifs is 1. The number of carbonyl (C=O) groups is 2. The molecule has 1 atom stereocenters. The predicted octanol–water partition coefficient (Wildman–Crippen LogP) is 3.57. The van der Waals surface area contributed by atoms with Gasteiger partial charge >= 0.3 is 6.09 Å². The van der Waals surface area contributed by atoms with Crippen molar-refractivity contribution in [2.24, 2.45) is 0 Å². The molecule has 0 saturated heterocycles. The average Bonchev–Trinajstić information content (AvgIpc) is 2.96. The number of nitrogens with zero attached hydrogens (tertiary/aromatic N) is 3. The molecule has 3 rings (SSSR count). The van der Waals surface area contributed by atoms with Gasteiger partial charge in [-0.15, -0.1) is 0 Å². The van der Waals surface area contributed by atoms with E-state index in [0.29, 0.717) is 5.76 Å². The van der Waals surface area contributed by atoms with Crippen LogP contribution in [-0.4, -0.2) is 38.6 Å². The minimum absolute atomic E-state index is 0.0442. The van der Waals surface area contributed by atoms with Crippen LogP contribution in [0.3, 0.4) is 0 Å². The maximum atomic E-state index is 13.0. The number of hydrogen-bond acceptors (Lipinski definition) is 7. The fraction of sp³-hybridized carbons (Fsp3) is 0.389. The molecule has 142 valence electrons. The fourth-order valence-electron chi connectivity index (χ4n) is 2.96. The molecule has 1 aromatic heterocycles. The predicted molar refractivity (Wildman–Crippen MR) is 94.2 cm³/mol. The van der Waals surface area contributed by atoms with Crippen LogP contribution in [0, 0.1) is 10.1 Å². The van der Waals surface area contributed by atoms with Crippen molar-refractivity contribution in [2.45, 2.75) is 45.8 Å². The Morgan fingerprint density at radius 3 is 2.67 bits per heavy atom. The van der Waals surface area contributed by atoms with Gasteiger partial charge in [0.25, 0.3) is 11.6 Å². The molecule has 27 heavy (non-hydrogen) atoms. The number of nitro groups is 1. The van der Waals surface area contributed by atoms with E-state index in [0.717, 1.165) is 4.90 Å². The van der Waals surface area contributed by atoms with E-state index in [1.54, 1.807) is 33.8 Å². The second-order valence-electron chi connectivity index (χ2n) is 7.31. The number of para-hydroxylation sites is 1. The highest BCUT2D eigenvalue weighted by Gasteiger charge is 2.42. The Kier molecular flexibility index (Phi) is 4.46. The van der Waals surface area contributed by atoms with Crippen molar-refractivity contribution < 1.29 is 23.8 Å². The zero-order chi connectivity index (χ0) is 19.9. The van der Waals surface area contributed by atoms with Crippen LogP contribution in [-0.2, 0) is 11.2 Å². The fourth-order valence-corrected chi connectivity index (χ4v) is 2.96. The Morgan fingerprint density at radius 2 is 2.04 bits per heavy atom. The number of imide groups is 1. The molecule has 0 bridgehead atoms. The van der Waals surface area contributed by atoms with Crippen molar-refractivity contribution in [2.75, 3.05) is 0 Å². The minimum Gasteiger partial charge on any atom is -0.443 e. The summed E-state index contributed by atoms with van der Waals surface area (Å²) in [6.45, 7) is 6.80. The average molecular weight is 373 g/mol. The molecular weight excluding hydrogens is 354 g/mol. The van der Waals surface area contributed by atoms with E-state index in [4.69, 9.17) is 9.26 Å². The highest BCUT2D eigenvalue weighted by molar-refractivity contribution is 6.08. The van der Waals surface area contributed by atoms with Crippen LogP contribution in [0.25, 0.3) is 11.3 Å². The van der Waals surface area contributed by atoms with E-state index in [9.17, 15) is 19.7 Å². The van der Waals surface area contributed by atoms with Crippen LogP contribution in [0.15, 0.2) is 28.8 Å². The van der Waals surface area contributed by atoms with Gasteiger partial charge in [-0.25, -0.2) is 9.69 Å². The molecule has 1 unspecified atom stereocenters. The number of carbonyl (C=O) groups excluding carboxylic acids is 2. The molecule has 2 heterocycles. The van der Waals surface area contributed by atoms with Crippen molar-refractivity contribution in [3.63, 3.8) is 0 Å². The van der Waals surface area contributed by atoms with Gasteiger partial charge in [-0.1, -0.05) is 17.3 Å². The van der Waals surface area contributed by atoms with Crippen molar-refractivity contribution in [1.29, 1.82) is 0 Å². The van der Waals surface area contributed by atoms with Crippen molar-refractivity contribution in [1.82, 2.24) is 10.1 Å². The molecule has 0 radical (unpaired) electrons. The maximum Gasteiger partial charge on any atom is 0.417 e. The van der Waals surface area contributed by atoms with Gasteiger partial charge < -0.3 is 9.26 Å². The summed E-state index contributed by atoms with van der Waals surface area (Å²) < 4.78 is 10.6. The van der Waals surface area contributed by atoms with Crippen LogP contribution < -0.4 is 0 Å². The third kappa shape index (κ3) is 3.40. The zero-order valence-electron chi connectivity index (χ0n) is 15.4. The molecular formula is C18H19N3O6. The lowest BCUT2D eigenvalue weighted by Crippen LogP contribution is -2.49.